The highest BCUT2D eigenvalue weighted by Gasteiger charge is 2.24. The quantitative estimate of drug-likeness (QED) is 0.407. The molecule has 0 atom stereocenters. The minimum atomic E-state index is 0. The Morgan fingerprint density at radius 3 is 2.14 bits per heavy atom. The van der Waals surface area contributed by atoms with Gasteiger partial charge in [-0.25, -0.2) is 0 Å². The van der Waals surface area contributed by atoms with Crippen LogP contribution in [0.1, 0.15) is 31.9 Å². The van der Waals surface area contributed by atoms with Gasteiger partial charge in [-0.15, -0.1) is 0 Å². The first kappa shape index (κ1) is 14.8. The van der Waals surface area contributed by atoms with E-state index < -0.39 is 0 Å². The molecule has 0 saturated heterocycles. The van der Waals surface area contributed by atoms with E-state index in [0.29, 0.717) is 0 Å². The first-order valence-electron chi connectivity index (χ1n) is 7.64. The molecule has 1 nitrogen and oxygen atoms in total. The molecule has 0 aromatic heterocycles. The molecule has 3 aromatic carbocycles. The molecule has 0 amide bonds. The van der Waals surface area contributed by atoms with E-state index in [4.69, 9.17) is 0 Å². The molecule has 0 spiro atoms. The van der Waals surface area contributed by atoms with Gasteiger partial charge in [-0.2, -0.15) is 0 Å². The summed E-state index contributed by atoms with van der Waals surface area (Å²) in [7, 11) is 0. The predicted octanol–water partition coefficient (Wildman–Crippen LogP) is 6.26. The summed E-state index contributed by atoms with van der Waals surface area (Å²) in [4.78, 5) is 0. The van der Waals surface area contributed by atoms with E-state index in [1.807, 2.05) is 0 Å². The Hall–Kier alpha value is -2.12. The number of hydrogen-bond donors (Lipinski definition) is 1. The van der Waals surface area contributed by atoms with Crippen molar-refractivity contribution in [3.05, 3.63) is 59.7 Å². The maximum Gasteiger partial charge on any atom is -0.00237 e. The molecule has 0 heterocycles. The van der Waals surface area contributed by atoms with Crippen molar-refractivity contribution in [2.45, 2.75) is 33.1 Å². The molecule has 0 unspecified atom stereocenters. The molecule has 0 radical (unpaired) electrons. The van der Waals surface area contributed by atoms with Crippen molar-refractivity contribution >= 4 is 10.8 Å². The van der Waals surface area contributed by atoms with E-state index in [2.05, 4.69) is 76.2 Å². The molecule has 1 aliphatic carbocycles. The number of aryl methyl sites for hydroxylation is 1. The summed E-state index contributed by atoms with van der Waals surface area (Å²) >= 11 is 0. The van der Waals surface area contributed by atoms with Crippen molar-refractivity contribution in [1.82, 2.24) is 6.15 Å². The Morgan fingerprint density at radius 2 is 1.41 bits per heavy atom. The summed E-state index contributed by atoms with van der Waals surface area (Å²) in [6.07, 6.45) is 0. The van der Waals surface area contributed by atoms with Crippen molar-refractivity contribution in [3.63, 3.8) is 0 Å². The number of hydrogen-bond acceptors (Lipinski definition) is 1. The highest BCUT2D eigenvalue weighted by molar-refractivity contribution is 6.16. The second-order valence-corrected chi connectivity index (χ2v) is 7.17. The minimum Gasteiger partial charge on any atom is -0.344 e. The van der Waals surface area contributed by atoms with Crippen LogP contribution in [0.2, 0.25) is 0 Å². The van der Waals surface area contributed by atoms with Gasteiger partial charge in [0.2, 0.25) is 0 Å². The van der Waals surface area contributed by atoms with E-state index in [-0.39, 0.29) is 11.6 Å². The summed E-state index contributed by atoms with van der Waals surface area (Å²) < 4.78 is 0. The predicted molar refractivity (Wildman–Crippen MR) is 96.8 cm³/mol. The van der Waals surface area contributed by atoms with E-state index in [0.717, 1.165) is 0 Å². The third-order valence-corrected chi connectivity index (χ3v) is 4.72. The second-order valence-electron chi connectivity index (χ2n) is 7.17. The van der Waals surface area contributed by atoms with E-state index in [9.17, 15) is 0 Å². The molecule has 3 aromatic rings. The molecule has 22 heavy (non-hydrogen) atoms. The highest BCUT2D eigenvalue weighted by atomic mass is 14.3. The molecule has 1 heteroatoms. The van der Waals surface area contributed by atoms with Crippen LogP contribution >= 0.6 is 0 Å². The monoisotopic (exact) mass is 289 g/mol. The average molecular weight is 289 g/mol. The van der Waals surface area contributed by atoms with E-state index >= 15 is 0 Å². The van der Waals surface area contributed by atoms with Crippen LogP contribution in [-0.4, -0.2) is 0 Å². The third-order valence-electron chi connectivity index (χ3n) is 4.72. The highest BCUT2D eigenvalue weighted by Crippen LogP contribution is 2.48. The summed E-state index contributed by atoms with van der Waals surface area (Å²) in [5, 5.41) is 2.82. The maximum atomic E-state index is 2.39. The lowest BCUT2D eigenvalue weighted by Crippen LogP contribution is -2.10. The van der Waals surface area contributed by atoms with Crippen LogP contribution in [0, 0.1) is 6.92 Å². The van der Waals surface area contributed by atoms with E-state index in [1.165, 1.54) is 44.2 Å². The Kier molecular flexibility index (Phi) is 3.15. The van der Waals surface area contributed by atoms with Crippen LogP contribution in [-0.2, 0) is 5.41 Å². The summed E-state index contributed by atoms with van der Waals surface area (Å²) in [5.74, 6) is 0. The molecule has 0 aliphatic heterocycles. The van der Waals surface area contributed by atoms with Crippen LogP contribution in [0.4, 0.5) is 0 Å². The van der Waals surface area contributed by atoms with Crippen LogP contribution in [0.15, 0.2) is 48.5 Å². The zero-order chi connectivity index (χ0) is 14.8. The molecule has 1 aliphatic rings. The average Bonchev–Trinajstić information content (AvgIpc) is 2.77. The van der Waals surface area contributed by atoms with Crippen LogP contribution in [0.5, 0.6) is 0 Å². The fourth-order valence-electron chi connectivity index (χ4n) is 3.47. The Labute approximate surface area is 132 Å². The van der Waals surface area contributed by atoms with Gasteiger partial charge in [0.15, 0.2) is 0 Å². The molecule has 3 N–H and O–H groups in total. The van der Waals surface area contributed by atoms with Gasteiger partial charge in [-0.1, -0.05) is 63.2 Å². The van der Waals surface area contributed by atoms with Crippen molar-refractivity contribution < 1.29 is 0 Å². The first-order valence-corrected chi connectivity index (χ1v) is 7.64. The van der Waals surface area contributed by atoms with Gasteiger partial charge in [0, 0.05) is 0 Å². The zero-order valence-corrected chi connectivity index (χ0v) is 13.8. The van der Waals surface area contributed by atoms with Crippen LogP contribution in [0.25, 0.3) is 33.0 Å². The van der Waals surface area contributed by atoms with Crippen molar-refractivity contribution in [1.29, 1.82) is 0 Å². The lowest BCUT2D eigenvalue weighted by Gasteiger charge is -2.20. The molecule has 0 bridgehead atoms. The molecular weight excluding hydrogens is 266 g/mol. The fourth-order valence-corrected chi connectivity index (χ4v) is 3.47. The maximum absolute atomic E-state index is 2.39. The van der Waals surface area contributed by atoms with Crippen LogP contribution in [0.3, 0.4) is 0 Å². The van der Waals surface area contributed by atoms with E-state index in [1.54, 1.807) is 0 Å². The number of rotatable bonds is 0. The van der Waals surface area contributed by atoms with Crippen LogP contribution < -0.4 is 6.15 Å². The fraction of sp³-hybridized carbons (Fsp3) is 0.238. The van der Waals surface area contributed by atoms with Crippen molar-refractivity contribution in [2.24, 2.45) is 0 Å². The molecule has 0 saturated carbocycles. The lowest BCUT2D eigenvalue weighted by molar-refractivity contribution is 0.590. The molecule has 4 rings (SSSR count). The summed E-state index contributed by atoms with van der Waals surface area (Å²) in [6.45, 7) is 9.04. The van der Waals surface area contributed by atoms with Crippen molar-refractivity contribution in [3.8, 4) is 22.3 Å². The largest absolute Gasteiger partial charge is 0.344 e. The van der Waals surface area contributed by atoms with Gasteiger partial charge in [0.1, 0.15) is 0 Å². The van der Waals surface area contributed by atoms with Gasteiger partial charge in [0.05, 0.1) is 0 Å². The minimum absolute atomic E-state index is 0. The summed E-state index contributed by atoms with van der Waals surface area (Å²) in [6, 6.07) is 18.2. The SMILES string of the molecule is Cc1ccc2c3c(cccc13)-c1cc(C(C)(C)C)ccc1-2.N. The number of benzene rings is 3. The first-order chi connectivity index (χ1) is 9.97. The Balaban J connectivity index is 0.00000144. The molecule has 0 fully saturated rings. The second kappa shape index (κ2) is 4.69. The van der Waals surface area contributed by atoms with Crippen molar-refractivity contribution in [2.75, 3.05) is 0 Å². The smallest absolute Gasteiger partial charge is 0.00237 e. The van der Waals surface area contributed by atoms with Gasteiger partial charge in [0.25, 0.3) is 0 Å². The molecule has 112 valence electrons. The standard InChI is InChI=1S/C21H20.H3N/c1-13-8-10-18-16-11-9-14(21(2,3)4)12-19(16)17-7-5-6-15(13)20(17)18;/h5-12H,1-4H3;1H3. The third kappa shape index (κ3) is 1.89. The Bertz CT molecular complexity index is 882. The van der Waals surface area contributed by atoms with Gasteiger partial charge in [-0.05, 0) is 62.6 Å². The lowest BCUT2D eigenvalue weighted by atomic mass is 9.85. The summed E-state index contributed by atoms with van der Waals surface area (Å²) in [5.41, 5.74) is 8.52. The topological polar surface area (TPSA) is 35.0 Å². The Morgan fingerprint density at radius 1 is 0.727 bits per heavy atom. The number of fused-ring (bicyclic) bond motifs is 3. The zero-order valence-electron chi connectivity index (χ0n) is 13.8. The van der Waals surface area contributed by atoms with Gasteiger partial charge in [-0.3, -0.25) is 0 Å². The van der Waals surface area contributed by atoms with Gasteiger partial charge >= 0.3 is 0 Å². The van der Waals surface area contributed by atoms with Gasteiger partial charge < -0.3 is 6.15 Å². The molecular formula is C21H23N. The normalized spacial score (nSPS) is 12.2.